The molecule has 0 spiro atoms. The smallest absolute Gasteiger partial charge is 0.322 e. The Labute approximate surface area is 229 Å². The number of benzene rings is 2. The van der Waals surface area contributed by atoms with Crippen LogP contribution in [0.3, 0.4) is 0 Å². The highest BCUT2D eigenvalue weighted by molar-refractivity contribution is 6.09. The minimum Gasteiger partial charge on any atom is -0.512 e. The zero-order valence-corrected chi connectivity index (χ0v) is 22.8. The van der Waals surface area contributed by atoms with E-state index < -0.39 is 6.04 Å². The molecule has 8 heteroatoms. The van der Waals surface area contributed by atoms with Gasteiger partial charge in [-0.3, -0.25) is 9.79 Å². The van der Waals surface area contributed by atoms with Crippen LogP contribution in [0.5, 0.6) is 0 Å². The van der Waals surface area contributed by atoms with Gasteiger partial charge in [-0.2, -0.15) is 0 Å². The van der Waals surface area contributed by atoms with Gasteiger partial charge in [-0.1, -0.05) is 62.7 Å². The van der Waals surface area contributed by atoms with E-state index in [0.29, 0.717) is 47.8 Å². The summed E-state index contributed by atoms with van der Waals surface area (Å²) in [6.45, 7) is 8.75. The first kappa shape index (κ1) is 27.7. The molecule has 0 bridgehead atoms. The maximum absolute atomic E-state index is 13.4. The SMILES string of the molecule is CC1=CC(c2ccc(/C(O)=C/O)cc2)=NC=C(NC(=O)[C@H]2CCCN2C(=O)Nc2ccc(C(C)C)cc2)C1C. The van der Waals surface area contributed by atoms with E-state index in [9.17, 15) is 14.7 Å². The van der Waals surface area contributed by atoms with Gasteiger partial charge in [0.15, 0.2) is 5.76 Å². The van der Waals surface area contributed by atoms with Crippen molar-refractivity contribution < 1.29 is 19.8 Å². The average molecular weight is 529 g/mol. The first-order valence-corrected chi connectivity index (χ1v) is 13.3. The van der Waals surface area contributed by atoms with Gasteiger partial charge in [-0.05, 0) is 49.5 Å². The zero-order chi connectivity index (χ0) is 28.1. The zero-order valence-electron chi connectivity index (χ0n) is 22.8. The van der Waals surface area contributed by atoms with Crippen molar-refractivity contribution in [3.05, 3.63) is 95.0 Å². The van der Waals surface area contributed by atoms with Crippen LogP contribution in [0.15, 0.2) is 83.3 Å². The Morgan fingerprint density at radius 3 is 2.41 bits per heavy atom. The van der Waals surface area contributed by atoms with Gasteiger partial charge in [0.1, 0.15) is 12.3 Å². The lowest BCUT2D eigenvalue weighted by Crippen LogP contribution is -2.47. The predicted molar refractivity (Wildman–Crippen MR) is 155 cm³/mol. The van der Waals surface area contributed by atoms with Gasteiger partial charge in [0.05, 0.1) is 5.71 Å². The minimum atomic E-state index is -0.566. The molecular weight excluding hydrogens is 492 g/mol. The fourth-order valence-electron chi connectivity index (χ4n) is 4.71. The van der Waals surface area contributed by atoms with Crippen LogP contribution in [-0.2, 0) is 4.79 Å². The lowest BCUT2D eigenvalue weighted by atomic mass is 9.97. The maximum atomic E-state index is 13.4. The molecule has 2 atom stereocenters. The van der Waals surface area contributed by atoms with Gasteiger partial charge in [0.25, 0.3) is 0 Å². The lowest BCUT2D eigenvalue weighted by molar-refractivity contribution is -0.124. The second kappa shape index (κ2) is 12.0. The summed E-state index contributed by atoms with van der Waals surface area (Å²) in [5, 5.41) is 24.7. The Bertz CT molecular complexity index is 1340. The number of aliphatic imine (C=N–C) groups is 1. The molecule has 204 valence electrons. The third-order valence-electron chi connectivity index (χ3n) is 7.37. The predicted octanol–water partition coefficient (Wildman–Crippen LogP) is 6.26. The first-order chi connectivity index (χ1) is 18.7. The van der Waals surface area contributed by atoms with Gasteiger partial charge < -0.3 is 25.7 Å². The van der Waals surface area contributed by atoms with Gasteiger partial charge >= 0.3 is 6.03 Å². The van der Waals surface area contributed by atoms with Crippen molar-refractivity contribution in [2.24, 2.45) is 10.9 Å². The molecule has 2 aliphatic heterocycles. The lowest BCUT2D eigenvalue weighted by Gasteiger charge is -2.26. The van der Waals surface area contributed by atoms with Crippen molar-refractivity contribution in [3.8, 4) is 0 Å². The molecule has 1 fully saturated rings. The molecular formula is C31H36N4O4. The monoisotopic (exact) mass is 528 g/mol. The van der Waals surface area contributed by atoms with Crippen LogP contribution in [0.25, 0.3) is 5.76 Å². The largest absolute Gasteiger partial charge is 0.512 e. The van der Waals surface area contributed by atoms with Crippen LogP contribution < -0.4 is 10.6 Å². The third-order valence-corrected chi connectivity index (χ3v) is 7.37. The van der Waals surface area contributed by atoms with Gasteiger partial charge in [0.2, 0.25) is 5.91 Å². The van der Waals surface area contributed by atoms with E-state index in [0.717, 1.165) is 17.6 Å². The van der Waals surface area contributed by atoms with Gasteiger partial charge in [-0.15, -0.1) is 0 Å². The molecule has 2 aromatic rings. The summed E-state index contributed by atoms with van der Waals surface area (Å²) in [5.41, 5.74) is 5.62. The Balaban J connectivity index is 1.46. The second-order valence-corrected chi connectivity index (χ2v) is 10.3. The van der Waals surface area contributed by atoms with Crippen LogP contribution in [0, 0.1) is 5.92 Å². The highest BCUT2D eigenvalue weighted by Gasteiger charge is 2.35. The summed E-state index contributed by atoms with van der Waals surface area (Å²) in [6.07, 6.45) is 5.64. The van der Waals surface area contributed by atoms with Crippen molar-refractivity contribution in [2.75, 3.05) is 11.9 Å². The number of anilines is 1. The summed E-state index contributed by atoms with van der Waals surface area (Å²) >= 11 is 0. The van der Waals surface area contributed by atoms with Crippen LogP contribution in [-0.4, -0.2) is 45.3 Å². The first-order valence-electron chi connectivity index (χ1n) is 13.3. The fourth-order valence-corrected chi connectivity index (χ4v) is 4.71. The number of nitrogens with zero attached hydrogens (tertiary/aromatic N) is 2. The van der Waals surface area contributed by atoms with Crippen molar-refractivity contribution in [1.82, 2.24) is 10.2 Å². The highest BCUT2D eigenvalue weighted by Crippen LogP contribution is 2.25. The average Bonchev–Trinajstić information content (AvgIpc) is 3.39. The fraction of sp³-hybridized carbons (Fsp3) is 0.323. The molecule has 1 saturated heterocycles. The van der Waals surface area contributed by atoms with E-state index >= 15 is 0 Å². The Kier molecular flexibility index (Phi) is 8.54. The number of hydrogen-bond acceptors (Lipinski definition) is 5. The van der Waals surface area contributed by atoms with Crippen LogP contribution in [0.2, 0.25) is 0 Å². The number of carbonyl (C=O) groups excluding carboxylic acids is 2. The van der Waals surface area contributed by atoms with Crippen molar-refractivity contribution in [2.45, 2.75) is 52.5 Å². The van der Waals surface area contributed by atoms with E-state index in [-0.39, 0.29) is 23.6 Å². The molecule has 0 aromatic heterocycles. The molecule has 0 aliphatic carbocycles. The van der Waals surface area contributed by atoms with E-state index in [4.69, 9.17) is 5.11 Å². The van der Waals surface area contributed by atoms with E-state index in [1.165, 1.54) is 5.56 Å². The van der Waals surface area contributed by atoms with Crippen LogP contribution >= 0.6 is 0 Å². The summed E-state index contributed by atoms with van der Waals surface area (Å²) in [7, 11) is 0. The van der Waals surface area contributed by atoms with Gasteiger partial charge in [0, 0.05) is 41.2 Å². The molecule has 2 aliphatic rings. The van der Waals surface area contributed by atoms with Crippen molar-refractivity contribution in [3.63, 3.8) is 0 Å². The summed E-state index contributed by atoms with van der Waals surface area (Å²) < 4.78 is 0. The normalized spacial score (nSPS) is 19.7. The number of allylic oxidation sites excluding steroid dienone is 2. The quantitative estimate of drug-likeness (QED) is 0.331. The molecule has 1 unspecified atom stereocenters. The molecule has 0 saturated carbocycles. The highest BCUT2D eigenvalue weighted by atomic mass is 16.3. The van der Waals surface area contributed by atoms with Crippen LogP contribution in [0.1, 0.15) is 63.1 Å². The van der Waals surface area contributed by atoms with Gasteiger partial charge in [-0.25, -0.2) is 4.79 Å². The van der Waals surface area contributed by atoms with Crippen LogP contribution in [0.4, 0.5) is 10.5 Å². The molecule has 2 heterocycles. The number of aliphatic hydroxyl groups is 2. The molecule has 4 N–H and O–H groups in total. The minimum absolute atomic E-state index is 0.0843. The maximum Gasteiger partial charge on any atom is 0.322 e. The van der Waals surface area contributed by atoms with E-state index in [1.807, 2.05) is 56.3 Å². The summed E-state index contributed by atoms with van der Waals surface area (Å²) in [4.78, 5) is 32.6. The standard InChI is InChI=1S/C31H36N4O4/c1-19(2)22-11-13-25(14-12-22)33-31(39)35-15-5-6-28(35)30(38)34-27-17-32-26(16-20(3)21(27)4)23-7-9-24(10-8-23)29(37)18-36/h7-14,16-19,21,28,36-37H,5-6,15H2,1-4H3,(H,33,39)(H,34,38)/b29-18-/t21?,28-/m1/s1. The molecule has 4 rings (SSSR count). The molecule has 0 radical (unpaired) electrons. The summed E-state index contributed by atoms with van der Waals surface area (Å²) in [6, 6.07) is 14.0. The summed E-state index contributed by atoms with van der Waals surface area (Å²) in [5.74, 6) is -0.115. The number of carbonyl (C=O) groups is 2. The Hall–Kier alpha value is -4.33. The second-order valence-electron chi connectivity index (χ2n) is 10.3. The number of nitrogens with one attached hydrogen (secondary N) is 2. The number of likely N-dealkylation sites (tertiary alicyclic amines) is 1. The third kappa shape index (κ3) is 6.39. The number of amides is 3. The Morgan fingerprint density at radius 1 is 1.08 bits per heavy atom. The molecule has 2 aromatic carbocycles. The van der Waals surface area contributed by atoms with E-state index in [2.05, 4.69) is 29.5 Å². The molecule has 3 amide bonds. The Morgan fingerprint density at radius 2 is 1.77 bits per heavy atom. The molecule has 8 nitrogen and oxygen atoms in total. The number of rotatable bonds is 6. The molecule has 39 heavy (non-hydrogen) atoms. The van der Waals surface area contributed by atoms with Crippen molar-refractivity contribution >= 4 is 29.1 Å². The number of hydrogen-bond donors (Lipinski definition) is 4. The topological polar surface area (TPSA) is 114 Å². The van der Waals surface area contributed by atoms with Crippen molar-refractivity contribution in [1.29, 1.82) is 0 Å². The number of aliphatic hydroxyl groups excluding tert-OH is 2. The number of urea groups is 1. The van der Waals surface area contributed by atoms with E-state index in [1.54, 1.807) is 23.2 Å².